The maximum Gasteiger partial charge on any atom is 0.248 e. The Balaban J connectivity index is 1.39. The summed E-state index contributed by atoms with van der Waals surface area (Å²) < 4.78 is 0. The van der Waals surface area contributed by atoms with E-state index < -0.39 is 0 Å². The Labute approximate surface area is 157 Å². The number of anilines is 2. The van der Waals surface area contributed by atoms with Crippen molar-refractivity contribution in [1.29, 1.82) is 0 Å². The Morgan fingerprint density at radius 1 is 0.815 bits per heavy atom. The first-order valence-electron chi connectivity index (χ1n) is 9.07. The summed E-state index contributed by atoms with van der Waals surface area (Å²) in [5.74, 6) is 0.0473. The van der Waals surface area contributed by atoms with Gasteiger partial charge in [-0.3, -0.25) is 9.59 Å². The number of fused-ring (bicyclic) bond motifs is 1. The predicted octanol–water partition coefficient (Wildman–Crippen LogP) is 4.84. The average Bonchev–Trinajstić information content (AvgIpc) is 3.53. The van der Waals surface area contributed by atoms with Crippen LogP contribution in [-0.4, -0.2) is 11.8 Å². The summed E-state index contributed by atoms with van der Waals surface area (Å²) in [4.78, 5) is 24.0. The van der Waals surface area contributed by atoms with Crippen LogP contribution in [0.25, 0.3) is 16.8 Å². The molecule has 0 spiro atoms. The number of nitrogens with one attached hydrogen (secondary N) is 2. The molecule has 4 heteroatoms. The molecule has 1 fully saturated rings. The molecule has 1 aliphatic carbocycles. The minimum Gasteiger partial charge on any atom is -0.326 e. The van der Waals surface area contributed by atoms with E-state index in [0.29, 0.717) is 5.69 Å². The predicted molar refractivity (Wildman–Crippen MR) is 109 cm³/mol. The van der Waals surface area contributed by atoms with Gasteiger partial charge in [0, 0.05) is 23.4 Å². The van der Waals surface area contributed by atoms with Gasteiger partial charge >= 0.3 is 0 Å². The summed E-state index contributed by atoms with van der Waals surface area (Å²) >= 11 is 0. The van der Waals surface area contributed by atoms with Gasteiger partial charge in [0.15, 0.2) is 0 Å². The maximum absolute atomic E-state index is 12.2. The summed E-state index contributed by atoms with van der Waals surface area (Å²) in [6.07, 6.45) is 5.30. The van der Waals surface area contributed by atoms with Crippen molar-refractivity contribution in [1.82, 2.24) is 0 Å². The Morgan fingerprint density at radius 2 is 1.48 bits per heavy atom. The lowest BCUT2D eigenvalue weighted by atomic mass is 10.0. The molecule has 3 aromatic carbocycles. The first-order chi connectivity index (χ1) is 13.2. The van der Waals surface area contributed by atoms with Crippen molar-refractivity contribution < 1.29 is 9.59 Å². The maximum atomic E-state index is 12.2. The highest BCUT2D eigenvalue weighted by atomic mass is 16.2. The molecule has 0 aliphatic heterocycles. The third-order valence-corrected chi connectivity index (χ3v) is 4.61. The Morgan fingerprint density at radius 3 is 2.22 bits per heavy atom. The summed E-state index contributed by atoms with van der Waals surface area (Å²) in [5, 5.41) is 7.97. The van der Waals surface area contributed by atoms with Crippen LogP contribution in [0.1, 0.15) is 18.4 Å². The van der Waals surface area contributed by atoms with Crippen LogP contribution in [0.3, 0.4) is 0 Å². The van der Waals surface area contributed by atoms with E-state index in [4.69, 9.17) is 0 Å². The lowest BCUT2D eigenvalue weighted by Crippen LogP contribution is -2.13. The van der Waals surface area contributed by atoms with Crippen molar-refractivity contribution in [2.75, 3.05) is 10.6 Å². The van der Waals surface area contributed by atoms with E-state index in [1.165, 1.54) is 6.08 Å². The highest BCUT2D eigenvalue weighted by molar-refractivity contribution is 6.03. The van der Waals surface area contributed by atoms with Gasteiger partial charge in [0.1, 0.15) is 0 Å². The fraction of sp³-hybridized carbons (Fsp3) is 0.130. The van der Waals surface area contributed by atoms with Crippen LogP contribution in [-0.2, 0) is 9.59 Å². The zero-order valence-electron chi connectivity index (χ0n) is 14.8. The quantitative estimate of drug-likeness (QED) is 0.643. The van der Waals surface area contributed by atoms with E-state index in [-0.39, 0.29) is 17.7 Å². The third-order valence-electron chi connectivity index (χ3n) is 4.61. The molecule has 1 aliphatic rings. The zero-order chi connectivity index (χ0) is 18.6. The molecule has 0 bridgehead atoms. The van der Waals surface area contributed by atoms with Gasteiger partial charge < -0.3 is 10.6 Å². The van der Waals surface area contributed by atoms with Gasteiger partial charge in [0.2, 0.25) is 11.8 Å². The molecule has 0 radical (unpaired) electrons. The fourth-order valence-electron chi connectivity index (χ4n) is 2.97. The Kier molecular flexibility index (Phi) is 4.71. The highest BCUT2D eigenvalue weighted by Gasteiger charge is 2.29. The molecule has 4 rings (SSSR count). The first kappa shape index (κ1) is 17.0. The standard InChI is InChI=1S/C23H20N2O2/c26-22(15-10-17-6-3-5-16-4-1-2-7-21(16)17)24-19-11-13-20(14-12-19)25-23(27)18-8-9-18/h1-7,10-15,18H,8-9H2,(H,24,26)(H,25,27)/b15-10+. The fourth-order valence-corrected chi connectivity index (χ4v) is 2.97. The molecule has 0 atom stereocenters. The van der Waals surface area contributed by atoms with Gasteiger partial charge in [0.25, 0.3) is 0 Å². The van der Waals surface area contributed by atoms with Crippen molar-refractivity contribution in [2.45, 2.75) is 12.8 Å². The Hall–Kier alpha value is -3.40. The highest BCUT2D eigenvalue weighted by Crippen LogP contribution is 2.30. The largest absolute Gasteiger partial charge is 0.326 e. The summed E-state index contributed by atoms with van der Waals surface area (Å²) in [5.41, 5.74) is 2.43. The smallest absolute Gasteiger partial charge is 0.248 e. The molecular weight excluding hydrogens is 336 g/mol. The molecule has 0 heterocycles. The van der Waals surface area contributed by atoms with Crippen molar-refractivity contribution in [3.63, 3.8) is 0 Å². The van der Waals surface area contributed by atoms with Crippen molar-refractivity contribution in [2.24, 2.45) is 5.92 Å². The monoisotopic (exact) mass is 356 g/mol. The molecule has 134 valence electrons. The van der Waals surface area contributed by atoms with E-state index in [2.05, 4.69) is 22.8 Å². The molecule has 2 amide bonds. The molecule has 4 nitrogen and oxygen atoms in total. The number of hydrogen-bond acceptors (Lipinski definition) is 2. The molecule has 0 saturated heterocycles. The van der Waals surface area contributed by atoms with E-state index >= 15 is 0 Å². The number of rotatable bonds is 5. The number of benzene rings is 3. The van der Waals surface area contributed by atoms with Gasteiger partial charge in [-0.15, -0.1) is 0 Å². The van der Waals surface area contributed by atoms with Crippen LogP contribution in [0.15, 0.2) is 72.8 Å². The minimum atomic E-state index is -0.197. The van der Waals surface area contributed by atoms with Gasteiger partial charge in [-0.25, -0.2) is 0 Å². The number of hydrogen-bond donors (Lipinski definition) is 2. The Bertz CT molecular complexity index is 1010. The summed E-state index contributed by atoms with van der Waals surface area (Å²) in [7, 11) is 0. The molecule has 3 aromatic rings. The van der Waals surface area contributed by atoms with E-state index in [1.807, 2.05) is 36.4 Å². The number of carbonyl (C=O) groups excluding carboxylic acids is 2. The van der Waals surface area contributed by atoms with Crippen LogP contribution in [0, 0.1) is 5.92 Å². The molecule has 0 aromatic heterocycles. The lowest BCUT2D eigenvalue weighted by molar-refractivity contribution is -0.117. The molecule has 27 heavy (non-hydrogen) atoms. The van der Waals surface area contributed by atoms with Crippen molar-refractivity contribution in [3.8, 4) is 0 Å². The minimum absolute atomic E-state index is 0.0739. The normalized spacial score (nSPS) is 13.6. The third kappa shape index (κ3) is 4.23. The van der Waals surface area contributed by atoms with Crippen LogP contribution >= 0.6 is 0 Å². The molecule has 1 saturated carbocycles. The molecule has 2 N–H and O–H groups in total. The van der Waals surface area contributed by atoms with E-state index in [1.54, 1.807) is 24.3 Å². The second kappa shape index (κ2) is 7.46. The second-order valence-electron chi connectivity index (χ2n) is 6.73. The summed E-state index contributed by atoms with van der Waals surface area (Å²) in [6.45, 7) is 0. The van der Waals surface area contributed by atoms with Crippen molar-refractivity contribution in [3.05, 3.63) is 78.4 Å². The van der Waals surface area contributed by atoms with Crippen LogP contribution in [0.2, 0.25) is 0 Å². The van der Waals surface area contributed by atoms with Crippen molar-refractivity contribution >= 4 is 40.0 Å². The first-order valence-corrected chi connectivity index (χ1v) is 9.07. The molecular formula is C23H20N2O2. The number of amides is 2. The lowest BCUT2D eigenvalue weighted by Gasteiger charge is -2.06. The SMILES string of the molecule is O=C(/C=C/c1cccc2ccccc12)Nc1ccc(NC(=O)C2CC2)cc1. The van der Waals surface area contributed by atoms with Crippen LogP contribution < -0.4 is 10.6 Å². The van der Waals surface area contributed by atoms with Gasteiger partial charge in [-0.1, -0.05) is 42.5 Å². The van der Waals surface area contributed by atoms with Gasteiger partial charge in [-0.2, -0.15) is 0 Å². The van der Waals surface area contributed by atoms with E-state index in [9.17, 15) is 9.59 Å². The average molecular weight is 356 g/mol. The summed E-state index contributed by atoms with van der Waals surface area (Å²) in [6, 6.07) is 21.3. The topological polar surface area (TPSA) is 58.2 Å². The molecule has 0 unspecified atom stereocenters. The zero-order valence-corrected chi connectivity index (χ0v) is 14.8. The van der Waals surface area contributed by atoms with Crippen LogP contribution in [0.5, 0.6) is 0 Å². The van der Waals surface area contributed by atoms with Gasteiger partial charge in [-0.05, 0) is 59.5 Å². The van der Waals surface area contributed by atoms with E-state index in [0.717, 1.165) is 34.9 Å². The number of carbonyl (C=O) groups is 2. The van der Waals surface area contributed by atoms with Crippen LogP contribution in [0.4, 0.5) is 11.4 Å². The van der Waals surface area contributed by atoms with Gasteiger partial charge in [0.05, 0.1) is 0 Å². The second-order valence-corrected chi connectivity index (χ2v) is 6.73.